The molecule has 0 bridgehead atoms. The first-order chi connectivity index (χ1) is 9.45. The highest BCUT2D eigenvalue weighted by molar-refractivity contribution is 5.97. The van der Waals surface area contributed by atoms with Gasteiger partial charge in [0.25, 0.3) is 0 Å². The summed E-state index contributed by atoms with van der Waals surface area (Å²) in [5.41, 5.74) is 0.654. The van der Waals surface area contributed by atoms with Crippen LogP contribution < -0.4 is 5.32 Å². The summed E-state index contributed by atoms with van der Waals surface area (Å²) in [6.07, 6.45) is -2.65. The van der Waals surface area contributed by atoms with Crippen LogP contribution in [-0.4, -0.2) is 34.6 Å². The third kappa shape index (κ3) is 4.46. The average molecular weight is 276 g/mol. The van der Waals surface area contributed by atoms with E-state index in [9.17, 15) is 19.8 Å². The second kappa shape index (κ2) is 7.38. The number of carbonyl (C=O) groups excluding carboxylic acids is 2. The van der Waals surface area contributed by atoms with E-state index in [1.165, 1.54) is 19.1 Å². The first kappa shape index (κ1) is 15.8. The molecule has 0 aliphatic heterocycles. The Balaban J connectivity index is 2.80. The van der Waals surface area contributed by atoms with Crippen molar-refractivity contribution in [2.45, 2.75) is 25.6 Å². The van der Waals surface area contributed by atoms with Crippen LogP contribution in [0.25, 0.3) is 0 Å². The third-order valence-corrected chi connectivity index (χ3v) is 2.71. The minimum Gasteiger partial charge on any atom is -0.388 e. The molecule has 0 aromatic heterocycles. The Hall–Kier alpha value is -2.23. The Morgan fingerprint density at radius 3 is 2.70 bits per heavy atom. The summed E-state index contributed by atoms with van der Waals surface area (Å²) < 4.78 is 0. The van der Waals surface area contributed by atoms with Crippen LogP contribution in [0.15, 0.2) is 24.3 Å². The maximum atomic E-state index is 11.6. The normalized spacial score (nSPS) is 13.1. The Bertz CT molecular complexity index is 536. The lowest BCUT2D eigenvalue weighted by atomic mass is 9.99. The second-order valence-corrected chi connectivity index (χ2v) is 4.33. The van der Waals surface area contributed by atoms with Gasteiger partial charge in [0.2, 0.25) is 5.91 Å². The minimum absolute atomic E-state index is 0.0904. The molecule has 20 heavy (non-hydrogen) atoms. The number of carbonyl (C=O) groups is 2. The zero-order valence-corrected chi connectivity index (χ0v) is 11.0. The van der Waals surface area contributed by atoms with Crippen molar-refractivity contribution in [3.05, 3.63) is 35.4 Å². The first-order valence-corrected chi connectivity index (χ1v) is 6.06. The van der Waals surface area contributed by atoms with Crippen molar-refractivity contribution in [3.8, 4) is 6.07 Å². The molecule has 1 amide bonds. The predicted octanol–water partition coefficient (Wildman–Crippen LogP) is 0.313. The SMILES string of the molecule is CC(=O)NCC(O)C(O)c1cccc(C(=O)CC#N)c1. The minimum atomic E-state index is -1.23. The van der Waals surface area contributed by atoms with Crippen LogP contribution in [-0.2, 0) is 4.79 Å². The molecule has 1 aromatic carbocycles. The van der Waals surface area contributed by atoms with Crippen LogP contribution in [0.3, 0.4) is 0 Å². The smallest absolute Gasteiger partial charge is 0.216 e. The highest BCUT2D eigenvalue weighted by Crippen LogP contribution is 2.18. The summed E-state index contributed by atoms with van der Waals surface area (Å²) in [6, 6.07) is 7.86. The van der Waals surface area contributed by atoms with E-state index in [0.717, 1.165) is 0 Å². The quantitative estimate of drug-likeness (QED) is 0.648. The van der Waals surface area contributed by atoms with E-state index in [1.807, 2.05) is 0 Å². The van der Waals surface area contributed by atoms with Gasteiger partial charge in [-0.3, -0.25) is 9.59 Å². The Morgan fingerprint density at radius 1 is 1.40 bits per heavy atom. The molecule has 6 heteroatoms. The summed E-state index contributed by atoms with van der Waals surface area (Å²) in [5.74, 6) is -0.660. The van der Waals surface area contributed by atoms with E-state index in [4.69, 9.17) is 5.26 Å². The van der Waals surface area contributed by atoms with Crippen LogP contribution in [0.4, 0.5) is 0 Å². The topological polar surface area (TPSA) is 110 Å². The van der Waals surface area contributed by atoms with Crippen molar-refractivity contribution in [1.82, 2.24) is 5.32 Å². The van der Waals surface area contributed by atoms with Crippen molar-refractivity contribution >= 4 is 11.7 Å². The molecule has 0 heterocycles. The number of nitrogens with one attached hydrogen (secondary N) is 1. The monoisotopic (exact) mass is 276 g/mol. The number of hydrogen-bond donors (Lipinski definition) is 3. The average Bonchev–Trinajstić information content (AvgIpc) is 2.44. The molecule has 0 saturated heterocycles. The number of aliphatic hydroxyl groups excluding tert-OH is 2. The lowest BCUT2D eigenvalue weighted by Crippen LogP contribution is -2.34. The molecule has 0 aliphatic carbocycles. The van der Waals surface area contributed by atoms with Crippen LogP contribution in [0.1, 0.15) is 35.4 Å². The van der Waals surface area contributed by atoms with E-state index in [1.54, 1.807) is 18.2 Å². The van der Waals surface area contributed by atoms with Crippen molar-refractivity contribution in [2.24, 2.45) is 0 Å². The second-order valence-electron chi connectivity index (χ2n) is 4.33. The Kier molecular flexibility index (Phi) is 5.84. The van der Waals surface area contributed by atoms with Gasteiger partial charge < -0.3 is 15.5 Å². The fourth-order valence-corrected chi connectivity index (χ4v) is 1.65. The van der Waals surface area contributed by atoms with E-state index in [-0.39, 0.29) is 24.7 Å². The standard InChI is InChI=1S/C14H16N2O4/c1-9(17)16-8-13(19)14(20)11-4-2-3-10(7-11)12(18)5-6-15/h2-4,7,13-14,19-20H,5,8H2,1H3,(H,16,17). The third-order valence-electron chi connectivity index (χ3n) is 2.71. The molecule has 0 fully saturated rings. The van der Waals surface area contributed by atoms with Gasteiger partial charge in [-0.15, -0.1) is 0 Å². The lowest BCUT2D eigenvalue weighted by molar-refractivity contribution is -0.119. The number of amides is 1. The molecule has 1 rings (SSSR count). The Morgan fingerprint density at radius 2 is 2.10 bits per heavy atom. The van der Waals surface area contributed by atoms with Gasteiger partial charge in [0.05, 0.1) is 12.5 Å². The van der Waals surface area contributed by atoms with Crippen molar-refractivity contribution in [2.75, 3.05) is 6.54 Å². The number of nitriles is 1. The van der Waals surface area contributed by atoms with Gasteiger partial charge in [0.1, 0.15) is 12.2 Å². The zero-order valence-electron chi connectivity index (χ0n) is 11.0. The zero-order chi connectivity index (χ0) is 15.1. The maximum absolute atomic E-state index is 11.6. The van der Waals surface area contributed by atoms with Gasteiger partial charge >= 0.3 is 0 Å². The molecular weight excluding hydrogens is 260 g/mol. The molecule has 0 aliphatic rings. The Labute approximate surface area is 116 Å². The molecule has 0 radical (unpaired) electrons. The van der Waals surface area contributed by atoms with Crippen LogP contribution >= 0.6 is 0 Å². The number of nitrogens with zero attached hydrogens (tertiary/aromatic N) is 1. The summed E-state index contributed by atoms with van der Waals surface area (Å²) in [4.78, 5) is 22.3. The molecule has 0 spiro atoms. The predicted molar refractivity (Wildman–Crippen MR) is 70.7 cm³/mol. The van der Waals surface area contributed by atoms with Gasteiger partial charge in [-0.2, -0.15) is 5.26 Å². The van der Waals surface area contributed by atoms with Gasteiger partial charge in [-0.1, -0.05) is 18.2 Å². The van der Waals surface area contributed by atoms with E-state index < -0.39 is 12.2 Å². The molecule has 0 saturated carbocycles. The fourth-order valence-electron chi connectivity index (χ4n) is 1.65. The first-order valence-electron chi connectivity index (χ1n) is 6.06. The molecule has 2 atom stereocenters. The van der Waals surface area contributed by atoms with Gasteiger partial charge in [0.15, 0.2) is 5.78 Å². The maximum Gasteiger partial charge on any atom is 0.216 e. The van der Waals surface area contributed by atoms with E-state index >= 15 is 0 Å². The van der Waals surface area contributed by atoms with Gasteiger partial charge in [-0.25, -0.2) is 0 Å². The fraction of sp³-hybridized carbons (Fsp3) is 0.357. The molecule has 6 nitrogen and oxygen atoms in total. The molecule has 1 aromatic rings. The van der Waals surface area contributed by atoms with Crippen LogP contribution in [0, 0.1) is 11.3 Å². The van der Waals surface area contributed by atoms with Crippen molar-refractivity contribution < 1.29 is 19.8 Å². The van der Waals surface area contributed by atoms with Crippen LogP contribution in [0.5, 0.6) is 0 Å². The summed E-state index contributed by atoms with van der Waals surface area (Å²) in [7, 11) is 0. The summed E-state index contributed by atoms with van der Waals surface area (Å²) in [5, 5.41) is 30.6. The largest absolute Gasteiger partial charge is 0.388 e. The lowest BCUT2D eigenvalue weighted by Gasteiger charge is -2.18. The molecular formula is C14H16N2O4. The number of rotatable bonds is 6. The van der Waals surface area contributed by atoms with Gasteiger partial charge in [-0.05, 0) is 11.6 Å². The summed E-state index contributed by atoms with van der Waals surface area (Å²) in [6.45, 7) is 1.22. The highest BCUT2D eigenvalue weighted by Gasteiger charge is 2.19. The number of hydrogen-bond acceptors (Lipinski definition) is 5. The highest BCUT2D eigenvalue weighted by atomic mass is 16.3. The molecule has 3 N–H and O–H groups in total. The summed E-state index contributed by atoms with van der Waals surface area (Å²) >= 11 is 0. The number of ketones is 1. The molecule has 2 unspecified atom stereocenters. The van der Waals surface area contributed by atoms with E-state index in [2.05, 4.69) is 5.32 Å². The van der Waals surface area contributed by atoms with Crippen molar-refractivity contribution in [3.63, 3.8) is 0 Å². The van der Waals surface area contributed by atoms with Gasteiger partial charge in [0, 0.05) is 19.0 Å². The molecule has 106 valence electrons. The number of aliphatic hydroxyl groups is 2. The number of benzene rings is 1. The number of Topliss-reactive ketones (excluding diaryl/α,β-unsaturated/α-hetero) is 1. The van der Waals surface area contributed by atoms with Crippen LogP contribution in [0.2, 0.25) is 0 Å². The van der Waals surface area contributed by atoms with Crippen molar-refractivity contribution in [1.29, 1.82) is 5.26 Å². The van der Waals surface area contributed by atoms with E-state index in [0.29, 0.717) is 11.1 Å².